The average Bonchev–Trinajstić information content (AvgIpc) is 2.27. The van der Waals surface area contributed by atoms with Crippen molar-refractivity contribution in [3.63, 3.8) is 0 Å². The van der Waals surface area contributed by atoms with Crippen molar-refractivity contribution in [2.24, 2.45) is 17.1 Å². The molecular weight excluding hydrogens is 212 g/mol. The van der Waals surface area contributed by atoms with Crippen molar-refractivity contribution in [2.75, 3.05) is 11.9 Å². The number of carbonyl (C=O) groups excluding carboxylic acids is 1. The average molecular weight is 232 g/mol. The van der Waals surface area contributed by atoms with Crippen molar-refractivity contribution in [3.8, 4) is 0 Å². The second-order valence-electron chi connectivity index (χ2n) is 5.32. The maximum absolute atomic E-state index is 12.2. The minimum Gasteiger partial charge on any atom is -0.329 e. The number of nitrogens with two attached hydrogens (primary N) is 1. The topological polar surface area (TPSA) is 55.1 Å². The van der Waals surface area contributed by atoms with E-state index >= 15 is 0 Å². The first-order chi connectivity index (χ1) is 8.05. The van der Waals surface area contributed by atoms with Crippen LogP contribution in [-0.4, -0.2) is 12.5 Å². The highest BCUT2D eigenvalue weighted by atomic mass is 16.2. The molecule has 1 aliphatic carbocycles. The zero-order chi connectivity index (χ0) is 12.5. The summed E-state index contributed by atoms with van der Waals surface area (Å²) in [6, 6.07) is 7.85. The third-order valence-electron chi connectivity index (χ3n) is 3.66. The summed E-state index contributed by atoms with van der Waals surface area (Å²) in [5.41, 5.74) is 7.46. The van der Waals surface area contributed by atoms with E-state index in [1.807, 2.05) is 31.2 Å². The molecule has 2 rings (SSSR count). The highest BCUT2D eigenvalue weighted by molar-refractivity contribution is 5.96. The molecule has 17 heavy (non-hydrogen) atoms. The summed E-state index contributed by atoms with van der Waals surface area (Å²) in [6.45, 7) is 4.63. The summed E-state index contributed by atoms with van der Waals surface area (Å²) in [6.07, 6.45) is 1.81. The Hall–Kier alpha value is -1.35. The number of nitrogens with one attached hydrogen (secondary N) is 1. The Kier molecular flexibility index (Phi) is 3.20. The molecule has 0 bridgehead atoms. The van der Waals surface area contributed by atoms with Crippen LogP contribution >= 0.6 is 0 Å². The summed E-state index contributed by atoms with van der Waals surface area (Å²) in [5, 5.41) is 2.96. The number of benzene rings is 1. The summed E-state index contributed by atoms with van der Waals surface area (Å²) < 4.78 is 0. The van der Waals surface area contributed by atoms with Gasteiger partial charge in [0.1, 0.15) is 0 Å². The Morgan fingerprint density at radius 1 is 1.41 bits per heavy atom. The monoisotopic (exact) mass is 232 g/mol. The fraction of sp³-hybridized carbons (Fsp3) is 0.500. The van der Waals surface area contributed by atoms with Crippen LogP contribution in [0.5, 0.6) is 0 Å². The van der Waals surface area contributed by atoms with Crippen molar-refractivity contribution in [1.29, 1.82) is 0 Å². The molecule has 0 heterocycles. The molecule has 1 aromatic carbocycles. The van der Waals surface area contributed by atoms with E-state index in [1.54, 1.807) is 0 Å². The molecule has 0 spiro atoms. The van der Waals surface area contributed by atoms with Gasteiger partial charge >= 0.3 is 0 Å². The van der Waals surface area contributed by atoms with Gasteiger partial charge < -0.3 is 11.1 Å². The van der Waals surface area contributed by atoms with Crippen LogP contribution in [0.1, 0.15) is 25.3 Å². The summed E-state index contributed by atoms with van der Waals surface area (Å²) in [5.74, 6) is 0.685. The van der Waals surface area contributed by atoms with Gasteiger partial charge in [-0.1, -0.05) is 24.6 Å². The smallest absolute Gasteiger partial charge is 0.231 e. The molecule has 0 aliphatic heterocycles. The zero-order valence-corrected chi connectivity index (χ0v) is 10.5. The van der Waals surface area contributed by atoms with E-state index in [4.69, 9.17) is 5.73 Å². The molecule has 1 aliphatic rings. The molecule has 3 N–H and O–H groups in total. The van der Waals surface area contributed by atoms with Crippen molar-refractivity contribution in [2.45, 2.75) is 26.7 Å². The van der Waals surface area contributed by atoms with Gasteiger partial charge in [-0.2, -0.15) is 0 Å². The fourth-order valence-corrected chi connectivity index (χ4v) is 2.62. The Labute approximate surface area is 102 Å². The van der Waals surface area contributed by atoms with Crippen molar-refractivity contribution in [3.05, 3.63) is 29.8 Å². The lowest BCUT2D eigenvalue weighted by Crippen LogP contribution is -2.51. The lowest BCUT2D eigenvalue weighted by atomic mass is 9.62. The van der Waals surface area contributed by atoms with Gasteiger partial charge in [-0.05, 0) is 37.8 Å². The maximum Gasteiger partial charge on any atom is 0.231 e. The molecule has 3 heteroatoms. The second kappa shape index (κ2) is 4.49. The van der Waals surface area contributed by atoms with Crippen LogP contribution in [0.3, 0.4) is 0 Å². The first-order valence-electron chi connectivity index (χ1n) is 6.14. The molecule has 0 radical (unpaired) electrons. The van der Waals surface area contributed by atoms with Gasteiger partial charge in [0, 0.05) is 12.2 Å². The van der Waals surface area contributed by atoms with Gasteiger partial charge in [-0.15, -0.1) is 0 Å². The van der Waals surface area contributed by atoms with Crippen LogP contribution in [0, 0.1) is 18.3 Å². The van der Waals surface area contributed by atoms with Crippen LogP contribution in [0.4, 0.5) is 5.69 Å². The third-order valence-corrected chi connectivity index (χ3v) is 3.66. The van der Waals surface area contributed by atoms with Gasteiger partial charge in [0.15, 0.2) is 0 Å². The molecule has 1 aromatic rings. The Morgan fingerprint density at radius 3 is 2.47 bits per heavy atom. The Bertz CT molecular complexity index is 405. The molecule has 92 valence electrons. The van der Waals surface area contributed by atoms with Crippen molar-refractivity contribution in [1.82, 2.24) is 0 Å². The standard InChI is InChI=1S/C14H20N2O/c1-10-3-5-12(6-4-10)16-13(17)14(9-15)7-11(2)8-14/h3-6,11H,7-9,15H2,1-2H3,(H,16,17). The normalized spacial score (nSPS) is 27.4. The third kappa shape index (κ3) is 2.34. The maximum atomic E-state index is 12.2. The van der Waals surface area contributed by atoms with Crippen LogP contribution in [0.2, 0.25) is 0 Å². The minimum absolute atomic E-state index is 0.0713. The molecule has 0 aromatic heterocycles. The van der Waals surface area contributed by atoms with Gasteiger partial charge in [0.2, 0.25) is 5.91 Å². The minimum atomic E-state index is -0.329. The summed E-state index contributed by atoms with van der Waals surface area (Å²) in [4.78, 5) is 12.2. The molecular formula is C14H20N2O. The SMILES string of the molecule is Cc1ccc(NC(=O)C2(CN)CC(C)C2)cc1. The van der Waals surface area contributed by atoms with E-state index in [1.165, 1.54) is 5.56 Å². The van der Waals surface area contributed by atoms with Crippen LogP contribution in [0.25, 0.3) is 0 Å². The lowest BCUT2D eigenvalue weighted by molar-refractivity contribution is -0.132. The largest absolute Gasteiger partial charge is 0.329 e. The molecule has 1 amide bonds. The molecule has 1 fully saturated rings. The summed E-state index contributed by atoms with van der Waals surface area (Å²) in [7, 11) is 0. The van der Waals surface area contributed by atoms with Crippen LogP contribution < -0.4 is 11.1 Å². The van der Waals surface area contributed by atoms with E-state index in [9.17, 15) is 4.79 Å². The Morgan fingerprint density at radius 2 is 2.00 bits per heavy atom. The van der Waals surface area contributed by atoms with Gasteiger partial charge in [0.05, 0.1) is 5.41 Å². The number of hydrogen-bond donors (Lipinski definition) is 2. The van der Waals surface area contributed by atoms with Crippen LogP contribution in [0.15, 0.2) is 24.3 Å². The van der Waals surface area contributed by atoms with Crippen molar-refractivity contribution < 1.29 is 4.79 Å². The second-order valence-corrected chi connectivity index (χ2v) is 5.32. The van der Waals surface area contributed by atoms with E-state index in [0.29, 0.717) is 12.5 Å². The van der Waals surface area contributed by atoms with E-state index < -0.39 is 0 Å². The van der Waals surface area contributed by atoms with Gasteiger partial charge in [-0.25, -0.2) is 0 Å². The molecule has 1 saturated carbocycles. The first kappa shape index (κ1) is 12.1. The molecule has 3 nitrogen and oxygen atoms in total. The molecule has 0 saturated heterocycles. The predicted octanol–water partition coefficient (Wildman–Crippen LogP) is 2.31. The highest BCUT2D eigenvalue weighted by Gasteiger charge is 2.47. The zero-order valence-electron chi connectivity index (χ0n) is 10.5. The summed E-state index contributed by atoms with van der Waals surface area (Å²) >= 11 is 0. The van der Waals surface area contributed by atoms with E-state index in [0.717, 1.165) is 18.5 Å². The quantitative estimate of drug-likeness (QED) is 0.840. The Balaban J connectivity index is 2.04. The highest BCUT2D eigenvalue weighted by Crippen LogP contribution is 2.45. The van der Waals surface area contributed by atoms with Crippen molar-refractivity contribution >= 4 is 11.6 Å². The van der Waals surface area contributed by atoms with Gasteiger partial charge in [0.25, 0.3) is 0 Å². The van der Waals surface area contributed by atoms with E-state index in [-0.39, 0.29) is 11.3 Å². The molecule has 0 atom stereocenters. The number of rotatable bonds is 3. The fourth-order valence-electron chi connectivity index (χ4n) is 2.62. The number of hydrogen-bond acceptors (Lipinski definition) is 2. The molecule has 0 unspecified atom stereocenters. The number of amides is 1. The number of anilines is 1. The first-order valence-corrected chi connectivity index (χ1v) is 6.14. The number of aryl methyl sites for hydroxylation is 1. The number of carbonyl (C=O) groups is 1. The lowest BCUT2D eigenvalue weighted by Gasteiger charge is -2.44. The predicted molar refractivity (Wildman–Crippen MR) is 69.7 cm³/mol. The van der Waals surface area contributed by atoms with Gasteiger partial charge in [-0.3, -0.25) is 4.79 Å². The van der Waals surface area contributed by atoms with E-state index in [2.05, 4.69) is 12.2 Å². The van der Waals surface area contributed by atoms with Crippen LogP contribution in [-0.2, 0) is 4.79 Å².